The summed E-state index contributed by atoms with van der Waals surface area (Å²) in [5.74, 6) is 0.0228. The number of carbonyl (C=O) groups excluding carboxylic acids is 2. The van der Waals surface area contributed by atoms with Crippen LogP contribution in [0, 0.1) is 6.92 Å². The highest BCUT2D eigenvalue weighted by atomic mass is 32.1. The van der Waals surface area contributed by atoms with Gasteiger partial charge in [0.15, 0.2) is 0 Å². The first-order valence-corrected chi connectivity index (χ1v) is 9.24. The largest absolute Gasteiger partial charge is 0.364 e. The Morgan fingerprint density at radius 2 is 2.00 bits per heavy atom. The highest BCUT2D eigenvalue weighted by Gasteiger charge is 2.44. The maximum Gasteiger partial charge on any atom is 0.264 e. The molecule has 0 unspecified atom stereocenters. The molecule has 0 spiro atoms. The second-order valence-electron chi connectivity index (χ2n) is 6.54. The lowest BCUT2D eigenvalue weighted by atomic mass is 10.1. The zero-order valence-corrected chi connectivity index (χ0v) is 14.9. The van der Waals surface area contributed by atoms with Gasteiger partial charge in [-0.1, -0.05) is 30.3 Å². The number of likely N-dealkylation sites (tertiary alicyclic amines) is 1. The summed E-state index contributed by atoms with van der Waals surface area (Å²) in [5, 5.41) is 0. The van der Waals surface area contributed by atoms with Gasteiger partial charge in [-0.3, -0.25) is 9.59 Å². The summed E-state index contributed by atoms with van der Waals surface area (Å²) in [6, 6.07) is 13.7. The zero-order chi connectivity index (χ0) is 17.4. The van der Waals surface area contributed by atoms with E-state index in [4.69, 9.17) is 4.74 Å². The van der Waals surface area contributed by atoms with E-state index in [0.29, 0.717) is 19.6 Å². The normalized spacial score (nSPS) is 23.0. The van der Waals surface area contributed by atoms with Crippen molar-refractivity contribution in [1.29, 1.82) is 0 Å². The molecule has 0 N–H and O–H groups in total. The van der Waals surface area contributed by atoms with E-state index in [0.717, 1.165) is 15.3 Å². The summed E-state index contributed by atoms with van der Waals surface area (Å²) < 4.78 is 5.72. The lowest BCUT2D eigenvalue weighted by Crippen LogP contribution is -2.53. The Labute approximate surface area is 150 Å². The Hall–Kier alpha value is -2.18. The van der Waals surface area contributed by atoms with Gasteiger partial charge in [-0.2, -0.15) is 0 Å². The Kier molecular flexibility index (Phi) is 4.31. The minimum Gasteiger partial charge on any atom is -0.364 e. The lowest BCUT2D eigenvalue weighted by molar-refractivity contribution is -0.153. The molecule has 1 aromatic carbocycles. The average Bonchev–Trinajstić information content (AvgIpc) is 3.24. The van der Waals surface area contributed by atoms with Crippen LogP contribution >= 0.6 is 11.3 Å². The number of rotatable bonds is 3. The molecular formula is C19H20N2O3S. The highest BCUT2D eigenvalue weighted by molar-refractivity contribution is 7.13. The van der Waals surface area contributed by atoms with Crippen LogP contribution in [0.25, 0.3) is 0 Å². The molecule has 5 nitrogen and oxygen atoms in total. The molecule has 2 saturated heterocycles. The monoisotopic (exact) mass is 356 g/mol. The van der Waals surface area contributed by atoms with Gasteiger partial charge in [0.05, 0.1) is 17.0 Å². The molecule has 2 aliphatic heterocycles. The van der Waals surface area contributed by atoms with E-state index >= 15 is 0 Å². The quantitative estimate of drug-likeness (QED) is 0.848. The molecule has 2 amide bonds. The van der Waals surface area contributed by atoms with Gasteiger partial charge in [-0.05, 0) is 24.6 Å². The van der Waals surface area contributed by atoms with Gasteiger partial charge in [-0.25, -0.2) is 0 Å². The van der Waals surface area contributed by atoms with Gasteiger partial charge in [0, 0.05) is 24.5 Å². The van der Waals surface area contributed by atoms with Crippen molar-refractivity contribution in [2.24, 2.45) is 0 Å². The molecule has 2 fully saturated rings. The smallest absolute Gasteiger partial charge is 0.264 e. The second kappa shape index (κ2) is 6.61. The van der Waals surface area contributed by atoms with Gasteiger partial charge in [-0.15, -0.1) is 11.3 Å². The van der Waals surface area contributed by atoms with Crippen molar-refractivity contribution in [3.63, 3.8) is 0 Å². The number of thiophene rings is 1. The van der Waals surface area contributed by atoms with Crippen molar-refractivity contribution in [1.82, 2.24) is 9.80 Å². The van der Waals surface area contributed by atoms with Crippen LogP contribution in [0.4, 0.5) is 0 Å². The molecule has 4 rings (SSSR count). The standard InChI is InChI=1S/C19H20N2O3S/c1-13-7-8-17(25-13)19(23)20-10-15-16(11-20)24-12-18(22)21(15)9-14-5-3-2-4-6-14/h2-8,15-16H,9-12H2,1H3/t15-,16-/m0/s1. The van der Waals surface area contributed by atoms with Crippen molar-refractivity contribution in [2.45, 2.75) is 25.6 Å². The highest BCUT2D eigenvalue weighted by Crippen LogP contribution is 2.27. The molecule has 2 aromatic rings. The third-order valence-electron chi connectivity index (χ3n) is 4.81. The molecule has 0 aliphatic carbocycles. The Morgan fingerprint density at radius 1 is 1.20 bits per heavy atom. The lowest BCUT2D eigenvalue weighted by Gasteiger charge is -2.36. The summed E-state index contributed by atoms with van der Waals surface area (Å²) in [4.78, 5) is 30.7. The van der Waals surface area contributed by atoms with Crippen LogP contribution in [0.5, 0.6) is 0 Å². The average molecular weight is 356 g/mol. The third-order valence-corrected chi connectivity index (χ3v) is 5.80. The number of amides is 2. The molecular weight excluding hydrogens is 336 g/mol. The van der Waals surface area contributed by atoms with Gasteiger partial charge in [0.25, 0.3) is 5.91 Å². The number of benzene rings is 1. The van der Waals surface area contributed by atoms with Crippen LogP contribution in [0.1, 0.15) is 20.1 Å². The fraction of sp³-hybridized carbons (Fsp3) is 0.368. The van der Waals surface area contributed by atoms with Crippen molar-refractivity contribution in [3.8, 4) is 0 Å². The molecule has 0 radical (unpaired) electrons. The summed E-state index contributed by atoms with van der Waals surface area (Å²) in [6.07, 6.45) is -0.105. The Balaban J connectivity index is 1.51. The first-order valence-electron chi connectivity index (χ1n) is 8.42. The van der Waals surface area contributed by atoms with Crippen LogP contribution in [0.15, 0.2) is 42.5 Å². The van der Waals surface area contributed by atoms with E-state index < -0.39 is 0 Å². The number of morpholine rings is 1. The summed E-state index contributed by atoms with van der Waals surface area (Å²) in [6.45, 7) is 3.71. The molecule has 0 bridgehead atoms. The molecule has 130 valence electrons. The first-order chi connectivity index (χ1) is 12.1. The fourth-order valence-corrected chi connectivity index (χ4v) is 4.36. The van der Waals surface area contributed by atoms with Crippen LogP contribution in [-0.2, 0) is 16.1 Å². The SMILES string of the molecule is Cc1ccc(C(=O)N2C[C@@H]3OCC(=O)N(Cc4ccccc4)[C@H]3C2)s1. The summed E-state index contributed by atoms with van der Waals surface area (Å²) in [5.41, 5.74) is 1.09. The minimum atomic E-state index is -0.105. The Bertz CT molecular complexity index is 789. The number of carbonyl (C=O) groups is 2. The zero-order valence-electron chi connectivity index (χ0n) is 14.1. The van der Waals surface area contributed by atoms with Crippen molar-refractivity contribution >= 4 is 23.2 Å². The predicted octanol–water partition coefficient (Wildman–Crippen LogP) is 2.31. The van der Waals surface area contributed by atoms with E-state index in [9.17, 15) is 9.59 Å². The minimum absolute atomic E-state index is 0.00799. The molecule has 0 saturated carbocycles. The van der Waals surface area contributed by atoms with E-state index in [2.05, 4.69) is 0 Å². The molecule has 25 heavy (non-hydrogen) atoms. The van der Waals surface area contributed by atoms with Crippen molar-refractivity contribution in [3.05, 3.63) is 57.8 Å². The topological polar surface area (TPSA) is 49.9 Å². The number of hydrogen-bond donors (Lipinski definition) is 0. The third kappa shape index (κ3) is 3.19. The van der Waals surface area contributed by atoms with Gasteiger partial charge >= 0.3 is 0 Å². The number of aryl methyl sites for hydroxylation is 1. The number of hydrogen-bond acceptors (Lipinski definition) is 4. The van der Waals surface area contributed by atoms with Crippen molar-refractivity contribution < 1.29 is 14.3 Å². The number of ether oxygens (including phenoxy) is 1. The number of nitrogens with zero attached hydrogens (tertiary/aromatic N) is 2. The molecule has 1 aromatic heterocycles. The van der Waals surface area contributed by atoms with E-state index in [1.165, 1.54) is 11.3 Å². The summed E-state index contributed by atoms with van der Waals surface area (Å²) in [7, 11) is 0. The molecule has 3 heterocycles. The van der Waals surface area contributed by atoms with Crippen LogP contribution in [0.2, 0.25) is 0 Å². The molecule has 6 heteroatoms. The van der Waals surface area contributed by atoms with Crippen LogP contribution < -0.4 is 0 Å². The number of fused-ring (bicyclic) bond motifs is 1. The van der Waals surface area contributed by atoms with Crippen LogP contribution in [0.3, 0.4) is 0 Å². The Morgan fingerprint density at radius 3 is 2.72 bits per heavy atom. The van der Waals surface area contributed by atoms with Gasteiger partial charge in [0.2, 0.25) is 5.91 Å². The van der Waals surface area contributed by atoms with E-state index in [1.54, 1.807) is 0 Å². The summed E-state index contributed by atoms with van der Waals surface area (Å²) >= 11 is 1.51. The van der Waals surface area contributed by atoms with Crippen molar-refractivity contribution in [2.75, 3.05) is 19.7 Å². The maximum atomic E-state index is 12.7. The van der Waals surface area contributed by atoms with Gasteiger partial charge in [0.1, 0.15) is 6.61 Å². The maximum absolute atomic E-state index is 12.7. The van der Waals surface area contributed by atoms with E-state index in [-0.39, 0.29) is 30.6 Å². The van der Waals surface area contributed by atoms with Crippen LogP contribution in [-0.4, -0.2) is 53.5 Å². The van der Waals surface area contributed by atoms with Gasteiger partial charge < -0.3 is 14.5 Å². The second-order valence-corrected chi connectivity index (χ2v) is 7.83. The predicted molar refractivity (Wildman–Crippen MR) is 95.5 cm³/mol. The fourth-order valence-electron chi connectivity index (χ4n) is 3.52. The molecule has 2 aliphatic rings. The molecule has 2 atom stereocenters. The first kappa shape index (κ1) is 16.3. The van der Waals surface area contributed by atoms with E-state index in [1.807, 2.05) is 59.2 Å².